The molecule has 1 aliphatic heterocycles. The maximum atomic E-state index is 11.3. The van der Waals surface area contributed by atoms with Crippen LogP contribution in [0, 0.1) is 5.92 Å². The molecule has 2 heterocycles. The minimum atomic E-state index is -0.901. The first-order valence-corrected chi connectivity index (χ1v) is 4.62. The summed E-state index contributed by atoms with van der Waals surface area (Å²) in [6.07, 6.45) is 1.56. The zero-order valence-electron chi connectivity index (χ0n) is 8.25. The Morgan fingerprint density at radius 2 is 2.27 bits per heavy atom. The van der Waals surface area contributed by atoms with Crippen molar-refractivity contribution >= 4 is 17.7 Å². The first kappa shape index (κ1) is 9.70. The van der Waals surface area contributed by atoms with Crippen LogP contribution >= 0.6 is 0 Å². The summed E-state index contributed by atoms with van der Waals surface area (Å²) in [6, 6.07) is 1.71. The molecule has 1 atom stereocenters. The van der Waals surface area contributed by atoms with Crippen LogP contribution in [0.2, 0.25) is 0 Å². The fourth-order valence-corrected chi connectivity index (χ4v) is 1.72. The van der Waals surface area contributed by atoms with Gasteiger partial charge >= 0.3 is 5.97 Å². The molecule has 0 saturated heterocycles. The molecule has 0 aliphatic carbocycles. The molecule has 15 heavy (non-hydrogen) atoms. The lowest BCUT2D eigenvalue weighted by atomic mass is 10.1. The SMILES string of the molecule is CC(=O)N1CC(C(=O)O)Cn2nccc21. The van der Waals surface area contributed by atoms with Gasteiger partial charge in [-0.1, -0.05) is 0 Å². The fraction of sp³-hybridized carbons (Fsp3) is 0.444. The van der Waals surface area contributed by atoms with Crippen LogP contribution < -0.4 is 4.90 Å². The molecule has 1 N–H and O–H groups in total. The number of fused-ring (bicyclic) bond motifs is 1. The molecule has 1 amide bonds. The van der Waals surface area contributed by atoms with E-state index >= 15 is 0 Å². The zero-order valence-corrected chi connectivity index (χ0v) is 8.25. The second-order valence-corrected chi connectivity index (χ2v) is 3.54. The molecule has 0 aromatic carbocycles. The smallest absolute Gasteiger partial charge is 0.310 e. The van der Waals surface area contributed by atoms with Crippen molar-refractivity contribution in [3.05, 3.63) is 12.3 Å². The van der Waals surface area contributed by atoms with Crippen molar-refractivity contribution in [3.63, 3.8) is 0 Å². The summed E-state index contributed by atoms with van der Waals surface area (Å²) in [4.78, 5) is 23.6. The number of hydrogen-bond donors (Lipinski definition) is 1. The molecule has 80 valence electrons. The van der Waals surface area contributed by atoms with Crippen LogP contribution in [0.15, 0.2) is 12.3 Å². The number of anilines is 1. The number of aromatic nitrogens is 2. The Hall–Kier alpha value is -1.85. The molecule has 1 aromatic rings. The number of amides is 1. The second-order valence-electron chi connectivity index (χ2n) is 3.54. The molecule has 6 nitrogen and oxygen atoms in total. The third-order valence-electron chi connectivity index (χ3n) is 2.50. The summed E-state index contributed by atoms with van der Waals surface area (Å²) in [6.45, 7) is 1.96. The quantitative estimate of drug-likeness (QED) is 0.703. The Balaban J connectivity index is 2.35. The molecule has 0 spiro atoms. The fourth-order valence-electron chi connectivity index (χ4n) is 1.72. The maximum absolute atomic E-state index is 11.3. The molecule has 0 bridgehead atoms. The number of carboxylic acid groups (broad SMARTS) is 1. The number of rotatable bonds is 1. The first-order valence-electron chi connectivity index (χ1n) is 4.62. The lowest BCUT2D eigenvalue weighted by Gasteiger charge is -2.30. The Morgan fingerprint density at radius 3 is 2.87 bits per heavy atom. The van der Waals surface area contributed by atoms with Crippen molar-refractivity contribution in [1.29, 1.82) is 0 Å². The third-order valence-corrected chi connectivity index (χ3v) is 2.50. The maximum Gasteiger partial charge on any atom is 0.310 e. The predicted molar refractivity (Wildman–Crippen MR) is 51.4 cm³/mol. The molecule has 1 aliphatic rings. The molecule has 1 unspecified atom stereocenters. The van der Waals surface area contributed by atoms with Crippen LogP contribution in [-0.2, 0) is 16.1 Å². The Kier molecular flexibility index (Phi) is 2.18. The van der Waals surface area contributed by atoms with Crippen molar-refractivity contribution in [1.82, 2.24) is 9.78 Å². The van der Waals surface area contributed by atoms with E-state index in [0.717, 1.165) is 0 Å². The van der Waals surface area contributed by atoms with Crippen LogP contribution in [0.25, 0.3) is 0 Å². The van der Waals surface area contributed by atoms with E-state index in [9.17, 15) is 9.59 Å². The molecule has 0 saturated carbocycles. The van der Waals surface area contributed by atoms with Crippen LogP contribution in [-0.4, -0.2) is 33.3 Å². The van der Waals surface area contributed by atoms with Crippen molar-refractivity contribution < 1.29 is 14.7 Å². The first-order chi connectivity index (χ1) is 7.09. The van der Waals surface area contributed by atoms with Crippen molar-refractivity contribution in [2.45, 2.75) is 13.5 Å². The number of carbonyl (C=O) groups is 2. The van der Waals surface area contributed by atoms with Gasteiger partial charge in [-0.05, 0) is 0 Å². The van der Waals surface area contributed by atoms with E-state index in [1.165, 1.54) is 11.8 Å². The van der Waals surface area contributed by atoms with Gasteiger partial charge in [0.05, 0.1) is 18.7 Å². The lowest BCUT2D eigenvalue weighted by molar-refractivity contribution is -0.142. The topological polar surface area (TPSA) is 75.4 Å². The number of hydrogen-bond acceptors (Lipinski definition) is 3. The van der Waals surface area contributed by atoms with E-state index in [-0.39, 0.29) is 12.5 Å². The van der Waals surface area contributed by atoms with Crippen LogP contribution in [0.3, 0.4) is 0 Å². The lowest BCUT2D eigenvalue weighted by Crippen LogP contribution is -2.43. The Bertz CT molecular complexity index is 412. The average Bonchev–Trinajstić information content (AvgIpc) is 2.62. The van der Waals surface area contributed by atoms with Crippen molar-refractivity contribution in [3.8, 4) is 0 Å². The molecule has 0 fully saturated rings. The number of carboxylic acids is 1. The van der Waals surface area contributed by atoms with Gasteiger partial charge in [-0.15, -0.1) is 0 Å². The van der Waals surface area contributed by atoms with E-state index in [1.807, 2.05) is 0 Å². The van der Waals surface area contributed by atoms with E-state index in [1.54, 1.807) is 16.9 Å². The normalized spacial score (nSPS) is 19.8. The molecule has 2 rings (SSSR count). The van der Waals surface area contributed by atoms with Gasteiger partial charge in [0, 0.05) is 19.5 Å². The summed E-state index contributed by atoms with van der Waals surface area (Å²) in [5, 5.41) is 12.9. The van der Waals surface area contributed by atoms with E-state index in [2.05, 4.69) is 5.10 Å². The highest BCUT2D eigenvalue weighted by Gasteiger charge is 2.31. The second kappa shape index (κ2) is 3.38. The van der Waals surface area contributed by atoms with E-state index in [4.69, 9.17) is 5.11 Å². The number of aliphatic carboxylic acids is 1. The van der Waals surface area contributed by atoms with Crippen molar-refractivity contribution in [2.24, 2.45) is 5.92 Å². The summed E-state index contributed by atoms with van der Waals surface area (Å²) in [5.41, 5.74) is 0. The van der Waals surface area contributed by atoms with Gasteiger partial charge in [-0.2, -0.15) is 5.10 Å². The Labute approximate surface area is 86.1 Å². The minimum absolute atomic E-state index is 0.164. The monoisotopic (exact) mass is 209 g/mol. The summed E-state index contributed by atoms with van der Waals surface area (Å²) < 4.78 is 1.55. The zero-order chi connectivity index (χ0) is 11.0. The van der Waals surface area contributed by atoms with E-state index in [0.29, 0.717) is 12.4 Å². The molecule has 6 heteroatoms. The number of carbonyl (C=O) groups excluding carboxylic acids is 1. The molecular formula is C9H11N3O3. The standard InChI is InChI=1S/C9H11N3O3/c1-6(13)11-4-7(9(14)15)5-12-8(11)2-3-10-12/h2-3,7H,4-5H2,1H3,(H,14,15). The van der Waals surface area contributed by atoms with Gasteiger partial charge < -0.3 is 5.11 Å². The van der Waals surface area contributed by atoms with Crippen LogP contribution in [0.4, 0.5) is 5.82 Å². The van der Waals surface area contributed by atoms with Crippen LogP contribution in [0.5, 0.6) is 0 Å². The highest BCUT2D eigenvalue weighted by Crippen LogP contribution is 2.22. The van der Waals surface area contributed by atoms with Gasteiger partial charge in [-0.25, -0.2) is 4.68 Å². The average molecular weight is 209 g/mol. The number of nitrogens with zero attached hydrogens (tertiary/aromatic N) is 3. The van der Waals surface area contributed by atoms with Gasteiger partial charge in [0.2, 0.25) is 5.91 Å². The summed E-state index contributed by atoms with van der Waals surface area (Å²) >= 11 is 0. The van der Waals surface area contributed by atoms with Gasteiger partial charge in [0.25, 0.3) is 0 Å². The van der Waals surface area contributed by atoms with Crippen LogP contribution in [0.1, 0.15) is 6.92 Å². The van der Waals surface area contributed by atoms with E-state index < -0.39 is 11.9 Å². The highest BCUT2D eigenvalue weighted by atomic mass is 16.4. The minimum Gasteiger partial charge on any atom is -0.481 e. The van der Waals surface area contributed by atoms with Gasteiger partial charge in [0.1, 0.15) is 5.82 Å². The summed E-state index contributed by atoms with van der Waals surface area (Å²) in [7, 11) is 0. The molecule has 1 aromatic heterocycles. The highest BCUT2D eigenvalue weighted by molar-refractivity contribution is 5.91. The van der Waals surface area contributed by atoms with Crippen molar-refractivity contribution in [2.75, 3.05) is 11.4 Å². The summed E-state index contributed by atoms with van der Waals surface area (Å²) in [5.74, 6) is -0.980. The molecular weight excluding hydrogens is 198 g/mol. The van der Waals surface area contributed by atoms with Gasteiger partial charge in [-0.3, -0.25) is 14.5 Å². The predicted octanol–water partition coefficient (Wildman–Crippen LogP) is -0.0496. The third kappa shape index (κ3) is 1.58. The molecule has 0 radical (unpaired) electrons. The van der Waals surface area contributed by atoms with Gasteiger partial charge in [0.15, 0.2) is 0 Å². The largest absolute Gasteiger partial charge is 0.481 e. The Morgan fingerprint density at radius 1 is 1.53 bits per heavy atom.